The second kappa shape index (κ2) is 6.80. The second-order valence-corrected chi connectivity index (χ2v) is 6.62. The molecule has 0 bridgehead atoms. The van der Waals surface area contributed by atoms with Gasteiger partial charge in [0, 0.05) is 25.0 Å². The molecule has 2 atom stereocenters. The van der Waals surface area contributed by atoms with Gasteiger partial charge >= 0.3 is 0 Å². The van der Waals surface area contributed by atoms with Crippen LogP contribution in [0.3, 0.4) is 0 Å². The van der Waals surface area contributed by atoms with Gasteiger partial charge in [-0.25, -0.2) is 0 Å². The maximum absolute atomic E-state index is 5.59. The summed E-state index contributed by atoms with van der Waals surface area (Å²) in [5, 5.41) is 3.75. The lowest BCUT2D eigenvalue weighted by atomic mass is 10.0. The van der Waals surface area contributed by atoms with Crippen molar-refractivity contribution in [2.45, 2.75) is 51.6 Å². The van der Waals surface area contributed by atoms with Gasteiger partial charge in [-0.2, -0.15) is 0 Å². The number of hydrogen-bond donors (Lipinski definition) is 1. The zero-order valence-electron chi connectivity index (χ0n) is 13.4. The van der Waals surface area contributed by atoms with E-state index in [1.54, 1.807) is 0 Å². The van der Waals surface area contributed by atoms with E-state index in [1.807, 2.05) is 0 Å². The molecule has 0 spiro atoms. The van der Waals surface area contributed by atoms with Crippen molar-refractivity contribution >= 4 is 0 Å². The Kier molecular flexibility index (Phi) is 4.81. The lowest BCUT2D eigenvalue weighted by Crippen LogP contribution is -2.42. The minimum atomic E-state index is 0.399. The molecule has 3 nitrogen and oxygen atoms in total. The fraction of sp³-hybridized carbons (Fsp3) is 0.667. The Hall–Kier alpha value is -1.06. The quantitative estimate of drug-likeness (QED) is 0.901. The van der Waals surface area contributed by atoms with E-state index in [1.165, 1.54) is 50.0 Å². The standard InChI is InChI=1S/C18H28N2O/c1-14(13-20-9-4-3-5-10-20)19-15(2)16-6-7-18-17(12-16)8-11-21-18/h6-7,12,14-15,19H,3-5,8-11,13H2,1-2H3. The maximum Gasteiger partial charge on any atom is 0.122 e. The molecule has 1 aromatic rings. The zero-order chi connectivity index (χ0) is 14.7. The fourth-order valence-electron chi connectivity index (χ4n) is 3.58. The van der Waals surface area contributed by atoms with Gasteiger partial charge in [0.05, 0.1) is 6.61 Å². The third-order valence-electron chi connectivity index (χ3n) is 4.73. The van der Waals surface area contributed by atoms with Crippen LogP contribution in [0.5, 0.6) is 5.75 Å². The van der Waals surface area contributed by atoms with Gasteiger partial charge in [-0.3, -0.25) is 0 Å². The number of fused-ring (bicyclic) bond motifs is 1. The van der Waals surface area contributed by atoms with Gasteiger partial charge in [-0.1, -0.05) is 18.6 Å². The van der Waals surface area contributed by atoms with Crippen LogP contribution in [0.1, 0.15) is 50.3 Å². The third kappa shape index (κ3) is 3.78. The molecule has 0 aliphatic carbocycles. The minimum Gasteiger partial charge on any atom is -0.493 e. The Balaban J connectivity index is 1.54. The Morgan fingerprint density at radius 2 is 2.00 bits per heavy atom. The SMILES string of the molecule is CC(CN1CCCCC1)NC(C)c1ccc2c(c1)CCO2. The average Bonchev–Trinajstić information content (AvgIpc) is 2.95. The summed E-state index contributed by atoms with van der Waals surface area (Å²) in [7, 11) is 0. The Morgan fingerprint density at radius 3 is 2.81 bits per heavy atom. The molecular formula is C18H28N2O. The molecule has 2 unspecified atom stereocenters. The van der Waals surface area contributed by atoms with Gasteiger partial charge in [-0.15, -0.1) is 0 Å². The van der Waals surface area contributed by atoms with E-state index in [9.17, 15) is 0 Å². The summed E-state index contributed by atoms with van der Waals surface area (Å²) in [6.45, 7) is 9.13. The van der Waals surface area contributed by atoms with Gasteiger partial charge in [0.1, 0.15) is 5.75 Å². The predicted octanol–water partition coefficient (Wildman–Crippen LogP) is 3.15. The second-order valence-electron chi connectivity index (χ2n) is 6.62. The molecule has 2 aliphatic heterocycles. The molecule has 2 heterocycles. The van der Waals surface area contributed by atoms with Crippen LogP contribution in [-0.4, -0.2) is 37.2 Å². The lowest BCUT2D eigenvalue weighted by Gasteiger charge is -2.30. The topological polar surface area (TPSA) is 24.5 Å². The molecule has 1 N–H and O–H groups in total. The highest BCUT2D eigenvalue weighted by Gasteiger charge is 2.17. The molecule has 3 heteroatoms. The first-order chi connectivity index (χ1) is 10.2. The number of nitrogens with one attached hydrogen (secondary N) is 1. The molecule has 1 fully saturated rings. The Bertz CT molecular complexity index is 468. The number of ether oxygens (including phenoxy) is 1. The van der Waals surface area contributed by atoms with E-state index >= 15 is 0 Å². The van der Waals surface area contributed by atoms with Crippen LogP contribution in [0.2, 0.25) is 0 Å². The van der Waals surface area contributed by atoms with Crippen molar-refractivity contribution in [2.75, 3.05) is 26.2 Å². The predicted molar refractivity (Wildman–Crippen MR) is 86.9 cm³/mol. The average molecular weight is 288 g/mol. The third-order valence-corrected chi connectivity index (χ3v) is 4.73. The van der Waals surface area contributed by atoms with Crippen LogP contribution < -0.4 is 10.1 Å². The van der Waals surface area contributed by atoms with E-state index in [2.05, 4.69) is 42.3 Å². The van der Waals surface area contributed by atoms with Crippen LogP contribution in [-0.2, 0) is 6.42 Å². The zero-order valence-corrected chi connectivity index (χ0v) is 13.4. The van der Waals surface area contributed by atoms with E-state index in [0.717, 1.165) is 18.8 Å². The summed E-state index contributed by atoms with van der Waals surface area (Å²) >= 11 is 0. The normalized spacial score (nSPS) is 21.6. The van der Waals surface area contributed by atoms with Crippen LogP contribution in [0, 0.1) is 0 Å². The number of likely N-dealkylation sites (tertiary alicyclic amines) is 1. The summed E-state index contributed by atoms with van der Waals surface area (Å²) in [5.74, 6) is 1.08. The summed E-state index contributed by atoms with van der Waals surface area (Å²) in [6.07, 6.45) is 5.20. The molecule has 3 rings (SSSR count). The van der Waals surface area contributed by atoms with E-state index in [0.29, 0.717) is 12.1 Å². The van der Waals surface area contributed by atoms with E-state index in [4.69, 9.17) is 4.74 Å². The first kappa shape index (κ1) is 14.9. The highest BCUT2D eigenvalue weighted by molar-refractivity contribution is 5.40. The van der Waals surface area contributed by atoms with Crippen LogP contribution in [0.25, 0.3) is 0 Å². The van der Waals surface area contributed by atoms with Crippen molar-refractivity contribution in [3.63, 3.8) is 0 Å². The van der Waals surface area contributed by atoms with Gasteiger partial charge in [0.2, 0.25) is 0 Å². The molecular weight excluding hydrogens is 260 g/mol. The van der Waals surface area contributed by atoms with Crippen molar-refractivity contribution < 1.29 is 4.74 Å². The van der Waals surface area contributed by atoms with Gasteiger partial charge in [0.25, 0.3) is 0 Å². The Labute approximate surface area is 128 Å². The molecule has 0 radical (unpaired) electrons. The minimum absolute atomic E-state index is 0.399. The summed E-state index contributed by atoms with van der Waals surface area (Å²) in [6, 6.07) is 7.58. The number of piperidine rings is 1. The van der Waals surface area contributed by atoms with Crippen molar-refractivity contribution in [3.05, 3.63) is 29.3 Å². The van der Waals surface area contributed by atoms with Crippen molar-refractivity contribution in [1.82, 2.24) is 10.2 Å². The summed E-state index contributed by atoms with van der Waals surface area (Å²) in [5.41, 5.74) is 2.74. The number of hydrogen-bond acceptors (Lipinski definition) is 3. The smallest absolute Gasteiger partial charge is 0.122 e. The van der Waals surface area contributed by atoms with Gasteiger partial charge in [0.15, 0.2) is 0 Å². The van der Waals surface area contributed by atoms with Crippen LogP contribution in [0.15, 0.2) is 18.2 Å². The largest absolute Gasteiger partial charge is 0.493 e. The first-order valence-electron chi connectivity index (χ1n) is 8.46. The molecule has 2 aliphatic rings. The molecule has 21 heavy (non-hydrogen) atoms. The first-order valence-corrected chi connectivity index (χ1v) is 8.46. The van der Waals surface area contributed by atoms with Gasteiger partial charge < -0.3 is 15.0 Å². The number of rotatable bonds is 5. The van der Waals surface area contributed by atoms with Crippen LogP contribution >= 0.6 is 0 Å². The molecule has 116 valence electrons. The Morgan fingerprint density at radius 1 is 1.19 bits per heavy atom. The highest BCUT2D eigenvalue weighted by Crippen LogP contribution is 2.28. The van der Waals surface area contributed by atoms with Gasteiger partial charge in [-0.05, 0) is 57.0 Å². The molecule has 0 saturated carbocycles. The van der Waals surface area contributed by atoms with E-state index < -0.39 is 0 Å². The van der Waals surface area contributed by atoms with Crippen LogP contribution in [0.4, 0.5) is 0 Å². The monoisotopic (exact) mass is 288 g/mol. The molecule has 1 aromatic carbocycles. The maximum atomic E-state index is 5.59. The molecule has 0 aromatic heterocycles. The van der Waals surface area contributed by atoms with E-state index in [-0.39, 0.29) is 0 Å². The highest BCUT2D eigenvalue weighted by atomic mass is 16.5. The summed E-state index contributed by atoms with van der Waals surface area (Å²) in [4.78, 5) is 2.60. The summed E-state index contributed by atoms with van der Waals surface area (Å²) < 4.78 is 5.59. The molecule has 0 amide bonds. The van der Waals surface area contributed by atoms with Crippen molar-refractivity contribution in [1.29, 1.82) is 0 Å². The molecule has 1 saturated heterocycles. The van der Waals surface area contributed by atoms with Crippen molar-refractivity contribution in [2.24, 2.45) is 0 Å². The fourth-order valence-corrected chi connectivity index (χ4v) is 3.58. The lowest BCUT2D eigenvalue weighted by molar-refractivity contribution is 0.205. The van der Waals surface area contributed by atoms with Crippen molar-refractivity contribution in [3.8, 4) is 5.75 Å². The number of nitrogens with zero attached hydrogens (tertiary/aromatic N) is 1. The number of benzene rings is 1.